The van der Waals surface area contributed by atoms with Crippen molar-refractivity contribution in [1.29, 1.82) is 0 Å². The number of nitrogens with zero attached hydrogens (tertiary/aromatic N) is 3. The van der Waals surface area contributed by atoms with Gasteiger partial charge < -0.3 is 25.0 Å². The molecule has 0 saturated carbocycles. The fourth-order valence-electron chi connectivity index (χ4n) is 3.40. The number of anilines is 1. The first kappa shape index (κ1) is 23.9. The lowest BCUT2D eigenvalue weighted by atomic mass is 10.0. The zero-order valence-corrected chi connectivity index (χ0v) is 18.1. The van der Waals surface area contributed by atoms with Crippen LogP contribution in [-0.2, 0) is 0 Å². The lowest BCUT2D eigenvalue weighted by molar-refractivity contribution is -0.142. The first-order chi connectivity index (χ1) is 14.2. The molecule has 2 rings (SSSR count). The van der Waals surface area contributed by atoms with Crippen molar-refractivity contribution in [3.63, 3.8) is 0 Å². The number of aliphatic imine (C=N–C) groups is 1. The zero-order valence-electron chi connectivity index (χ0n) is 18.1. The summed E-state index contributed by atoms with van der Waals surface area (Å²) in [7, 11) is 6.38. The molecule has 0 amide bonds. The lowest BCUT2D eigenvalue weighted by Gasteiger charge is -2.35. The SMILES string of the molecule is CN=C(NCCN(C)CC(F)(F)F)NC1CCN(c2cc(OC)cc(OC)c2)CC1. The topological polar surface area (TPSA) is 61.4 Å². The van der Waals surface area contributed by atoms with Gasteiger partial charge in [-0.1, -0.05) is 0 Å². The number of alkyl halides is 3. The van der Waals surface area contributed by atoms with E-state index in [4.69, 9.17) is 9.47 Å². The van der Waals surface area contributed by atoms with Crippen molar-refractivity contribution in [3.8, 4) is 11.5 Å². The third-order valence-corrected chi connectivity index (χ3v) is 5.00. The highest BCUT2D eigenvalue weighted by molar-refractivity contribution is 5.80. The van der Waals surface area contributed by atoms with E-state index < -0.39 is 12.7 Å². The number of hydrogen-bond donors (Lipinski definition) is 2. The van der Waals surface area contributed by atoms with Crippen LogP contribution < -0.4 is 25.0 Å². The van der Waals surface area contributed by atoms with Crippen LogP contribution in [-0.4, -0.2) is 84.1 Å². The maximum absolute atomic E-state index is 12.4. The minimum atomic E-state index is -4.19. The smallest absolute Gasteiger partial charge is 0.401 e. The van der Waals surface area contributed by atoms with Gasteiger partial charge in [0.05, 0.1) is 20.8 Å². The zero-order chi connectivity index (χ0) is 22.1. The van der Waals surface area contributed by atoms with Gasteiger partial charge in [0, 0.05) is 63.2 Å². The van der Waals surface area contributed by atoms with Crippen LogP contribution in [0.25, 0.3) is 0 Å². The van der Waals surface area contributed by atoms with Gasteiger partial charge in [-0.3, -0.25) is 9.89 Å². The maximum atomic E-state index is 12.4. The molecule has 1 saturated heterocycles. The van der Waals surface area contributed by atoms with E-state index >= 15 is 0 Å². The quantitative estimate of drug-likeness (QED) is 0.487. The van der Waals surface area contributed by atoms with Crippen LogP contribution in [0.2, 0.25) is 0 Å². The van der Waals surface area contributed by atoms with Crippen molar-refractivity contribution in [2.75, 3.05) is 65.9 Å². The fourth-order valence-corrected chi connectivity index (χ4v) is 3.40. The van der Waals surface area contributed by atoms with E-state index in [2.05, 4.69) is 20.5 Å². The largest absolute Gasteiger partial charge is 0.497 e. The second-order valence-electron chi connectivity index (χ2n) is 7.33. The van der Waals surface area contributed by atoms with E-state index in [-0.39, 0.29) is 12.6 Å². The Balaban J connectivity index is 1.79. The Morgan fingerprint density at radius 2 is 1.77 bits per heavy atom. The number of nitrogens with one attached hydrogen (secondary N) is 2. The highest BCUT2D eigenvalue weighted by Crippen LogP contribution is 2.30. The molecule has 0 atom stereocenters. The number of piperidine rings is 1. The molecule has 0 aromatic heterocycles. The van der Waals surface area contributed by atoms with Crippen molar-refractivity contribution in [2.24, 2.45) is 4.99 Å². The summed E-state index contributed by atoms with van der Waals surface area (Å²) in [6.07, 6.45) is -2.36. The molecule has 1 aliphatic heterocycles. The number of likely N-dealkylation sites (N-methyl/N-ethyl adjacent to an activating group) is 1. The molecule has 30 heavy (non-hydrogen) atoms. The first-order valence-corrected chi connectivity index (χ1v) is 9.94. The Bertz CT molecular complexity index is 669. The molecule has 1 aromatic carbocycles. The molecule has 10 heteroatoms. The molecule has 0 radical (unpaired) electrons. The van der Waals surface area contributed by atoms with Crippen molar-refractivity contribution in [2.45, 2.75) is 25.1 Å². The van der Waals surface area contributed by atoms with E-state index in [1.165, 1.54) is 11.9 Å². The molecule has 7 nitrogen and oxygen atoms in total. The molecule has 0 bridgehead atoms. The predicted octanol–water partition coefficient (Wildman–Crippen LogP) is 2.33. The Labute approximate surface area is 176 Å². The van der Waals surface area contributed by atoms with E-state index in [1.807, 2.05) is 18.2 Å². The Kier molecular flexibility index (Phi) is 8.88. The van der Waals surface area contributed by atoms with Gasteiger partial charge in [0.2, 0.25) is 0 Å². The van der Waals surface area contributed by atoms with E-state index in [9.17, 15) is 13.2 Å². The molecule has 1 fully saturated rings. The van der Waals surface area contributed by atoms with Gasteiger partial charge in [-0.05, 0) is 19.9 Å². The summed E-state index contributed by atoms with van der Waals surface area (Å²) in [5, 5.41) is 6.46. The van der Waals surface area contributed by atoms with Gasteiger partial charge >= 0.3 is 6.18 Å². The van der Waals surface area contributed by atoms with Crippen LogP contribution in [0.3, 0.4) is 0 Å². The standard InChI is InChI=1S/C20H32F3N5O2/c1-24-19(25-7-10-27(2)14-20(21,22)23)26-15-5-8-28(9-6-15)16-11-17(29-3)13-18(12-16)30-4/h11-13,15H,5-10,14H2,1-4H3,(H2,24,25,26). The summed E-state index contributed by atoms with van der Waals surface area (Å²) < 4.78 is 47.9. The summed E-state index contributed by atoms with van der Waals surface area (Å²) in [4.78, 5) is 7.70. The first-order valence-electron chi connectivity index (χ1n) is 9.94. The minimum Gasteiger partial charge on any atom is -0.497 e. The van der Waals surface area contributed by atoms with Crippen LogP contribution in [0.15, 0.2) is 23.2 Å². The Morgan fingerprint density at radius 3 is 2.27 bits per heavy atom. The number of guanidine groups is 1. The number of ether oxygens (including phenoxy) is 2. The number of methoxy groups -OCH3 is 2. The highest BCUT2D eigenvalue weighted by Gasteiger charge is 2.29. The molecule has 1 aromatic rings. The van der Waals surface area contributed by atoms with Gasteiger partial charge in [0.15, 0.2) is 5.96 Å². The molecule has 0 aliphatic carbocycles. The van der Waals surface area contributed by atoms with Crippen LogP contribution in [0.1, 0.15) is 12.8 Å². The van der Waals surface area contributed by atoms with E-state index in [1.54, 1.807) is 21.3 Å². The average Bonchev–Trinajstić information content (AvgIpc) is 2.71. The van der Waals surface area contributed by atoms with Gasteiger partial charge in [-0.25, -0.2) is 0 Å². The van der Waals surface area contributed by atoms with Crippen LogP contribution in [0.4, 0.5) is 18.9 Å². The fraction of sp³-hybridized carbons (Fsp3) is 0.650. The molecular weight excluding hydrogens is 399 g/mol. The molecular formula is C20H32F3N5O2. The van der Waals surface area contributed by atoms with E-state index in [0.29, 0.717) is 12.5 Å². The van der Waals surface area contributed by atoms with Crippen molar-refractivity contribution in [3.05, 3.63) is 18.2 Å². The predicted molar refractivity (Wildman–Crippen MR) is 113 cm³/mol. The van der Waals surface area contributed by atoms with Crippen molar-refractivity contribution >= 4 is 11.6 Å². The minimum absolute atomic E-state index is 0.243. The van der Waals surface area contributed by atoms with Crippen molar-refractivity contribution < 1.29 is 22.6 Å². The second kappa shape index (κ2) is 11.1. The van der Waals surface area contributed by atoms with Gasteiger partial charge in [-0.2, -0.15) is 13.2 Å². The molecule has 0 unspecified atom stereocenters. The number of rotatable bonds is 8. The van der Waals surface area contributed by atoms with Gasteiger partial charge in [-0.15, -0.1) is 0 Å². The third kappa shape index (κ3) is 7.81. The van der Waals surface area contributed by atoms with Crippen LogP contribution in [0, 0.1) is 0 Å². The molecule has 1 heterocycles. The van der Waals surface area contributed by atoms with Crippen LogP contribution in [0.5, 0.6) is 11.5 Å². The van der Waals surface area contributed by atoms with E-state index in [0.717, 1.165) is 43.1 Å². The Hall–Kier alpha value is -2.36. The lowest BCUT2D eigenvalue weighted by Crippen LogP contribution is -2.50. The molecule has 1 aliphatic rings. The second-order valence-corrected chi connectivity index (χ2v) is 7.33. The number of hydrogen-bond acceptors (Lipinski definition) is 5. The summed E-state index contributed by atoms with van der Waals surface area (Å²) in [5.74, 6) is 2.12. The third-order valence-electron chi connectivity index (χ3n) is 5.00. The number of benzene rings is 1. The average molecular weight is 432 g/mol. The normalized spacial score (nSPS) is 16.0. The monoisotopic (exact) mass is 431 g/mol. The van der Waals surface area contributed by atoms with Crippen LogP contribution >= 0.6 is 0 Å². The summed E-state index contributed by atoms with van der Waals surface area (Å²) >= 11 is 0. The van der Waals surface area contributed by atoms with Gasteiger partial charge in [0.1, 0.15) is 11.5 Å². The highest BCUT2D eigenvalue weighted by atomic mass is 19.4. The summed E-state index contributed by atoms with van der Waals surface area (Å²) in [5.41, 5.74) is 1.06. The maximum Gasteiger partial charge on any atom is 0.401 e. The molecule has 2 N–H and O–H groups in total. The summed E-state index contributed by atoms with van der Waals surface area (Å²) in [6, 6.07) is 6.08. The molecule has 0 spiro atoms. The molecule has 170 valence electrons. The number of halogens is 3. The van der Waals surface area contributed by atoms with Gasteiger partial charge in [0.25, 0.3) is 0 Å². The Morgan fingerprint density at radius 1 is 1.17 bits per heavy atom. The summed E-state index contributed by atoms with van der Waals surface area (Å²) in [6.45, 7) is 1.46. The van der Waals surface area contributed by atoms with Crippen molar-refractivity contribution in [1.82, 2.24) is 15.5 Å².